The lowest BCUT2D eigenvalue weighted by molar-refractivity contribution is -0.112. The summed E-state index contributed by atoms with van der Waals surface area (Å²) >= 11 is 5.58. The normalized spacial score (nSPS) is 12.1. The van der Waals surface area contributed by atoms with Crippen LogP contribution < -0.4 is 0 Å². The van der Waals surface area contributed by atoms with Gasteiger partial charge in [-0.2, -0.15) is 0 Å². The molecule has 2 aromatic carbocycles. The van der Waals surface area contributed by atoms with Gasteiger partial charge in [0.25, 0.3) is 0 Å². The molecule has 2 rings (SSSR count). The third-order valence-corrected chi connectivity index (χ3v) is 2.79. The Bertz CT molecular complexity index is 525. The van der Waals surface area contributed by atoms with Gasteiger partial charge >= 0.3 is 0 Å². The highest BCUT2D eigenvalue weighted by Crippen LogP contribution is 2.28. The predicted octanol–water partition coefficient (Wildman–Crippen LogP) is 3.72. The second kappa shape index (κ2) is 5.11. The van der Waals surface area contributed by atoms with Gasteiger partial charge in [0.15, 0.2) is 0 Å². The second-order valence-corrected chi connectivity index (χ2v) is 4.04. The molecule has 0 fully saturated rings. The topological polar surface area (TPSA) is 17.1 Å². The summed E-state index contributed by atoms with van der Waals surface area (Å²) in [6, 6.07) is 15.1. The van der Waals surface area contributed by atoms with Gasteiger partial charge in [0.2, 0.25) is 5.24 Å². The summed E-state index contributed by atoms with van der Waals surface area (Å²) in [4.78, 5) is 11.5. The molecule has 0 bridgehead atoms. The monoisotopic (exact) mass is 248 g/mol. The Morgan fingerprint density at radius 3 is 2.18 bits per heavy atom. The number of carbonyl (C=O) groups excluding carboxylic acids is 1. The van der Waals surface area contributed by atoms with Gasteiger partial charge in [-0.15, -0.1) is 0 Å². The molecule has 2 aromatic rings. The fraction of sp³-hybridized carbons (Fsp3) is 0.0714. The smallest absolute Gasteiger partial charge is 0.233 e. The van der Waals surface area contributed by atoms with E-state index in [9.17, 15) is 9.18 Å². The summed E-state index contributed by atoms with van der Waals surface area (Å²) in [5.41, 5.74) is 0.997. The maximum Gasteiger partial charge on any atom is 0.233 e. The van der Waals surface area contributed by atoms with Crippen molar-refractivity contribution in [3.05, 3.63) is 71.5 Å². The standard InChI is InChI=1S/C14H10ClFO/c15-14(17)13(10-6-2-1-3-7-10)11-8-4-5-9-12(11)16/h1-9,13H. The molecule has 3 heteroatoms. The number of halogens is 2. The Kier molecular flexibility index (Phi) is 3.55. The van der Waals surface area contributed by atoms with Crippen LogP contribution in [-0.2, 0) is 4.79 Å². The molecule has 0 radical (unpaired) electrons. The minimum atomic E-state index is -0.751. The Labute approximate surface area is 104 Å². The zero-order valence-corrected chi connectivity index (χ0v) is 9.69. The van der Waals surface area contributed by atoms with Gasteiger partial charge in [0, 0.05) is 5.56 Å². The molecule has 0 heterocycles. The van der Waals surface area contributed by atoms with Crippen LogP contribution in [0.4, 0.5) is 4.39 Å². The third-order valence-electron chi connectivity index (χ3n) is 2.58. The van der Waals surface area contributed by atoms with Crippen molar-refractivity contribution in [2.45, 2.75) is 5.92 Å². The fourth-order valence-electron chi connectivity index (χ4n) is 1.79. The molecule has 0 amide bonds. The van der Waals surface area contributed by atoms with Crippen LogP contribution in [0.2, 0.25) is 0 Å². The molecule has 0 aliphatic heterocycles. The molecule has 0 aromatic heterocycles. The lowest BCUT2D eigenvalue weighted by Gasteiger charge is -2.14. The van der Waals surface area contributed by atoms with E-state index in [1.165, 1.54) is 6.07 Å². The van der Waals surface area contributed by atoms with Gasteiger partial charge in [-0.1, -0.05) is 48.5 Å². The first-order valence-electron chi connectivity index (χ1n) is 5.19. The van der Waals surface area contributed by atoms with E-state index in [0.29, 0.717) is 11.1 Å². The lowest BCUT2D eigenvalue weighted by atomic mass is 9.92. The van der Waals surface area contributed by atoms with E-state index in [4.69, 9.17) is 11.6 Å². The minimum absolute atomic E-state index is 0.304. The van der Waals surface area contributed by atoms with E-state index in [0.717, 1.165) is 0 Å². The minimum Gasteiger partial charge on any atom is -0.280 e. The largest absolute Gasteiger partial charge is 0.280 e. The van der Waals surface area contributed by atoms with Crippen molar-refractivity contribution >= 4 is 16.8 Å². The van der Waals surface area contributed by atoms with Gasteiger partial charge in [-0.25, -0.2) is 4.39 Å². The molecule has 0 aliphatic rings. The maximum atomic E-state index is 13.7. The molecule has 1 unspecified atom stereocenters. The molecule has 1 nitrogen and oxygen atoms in total. The molecule has 86 valence electrons. The summed E-state index contributed by atoms with van der Waals surface area (Å²) in [6.07, 6.45) is 0. The third kappa shape index (κ3) is 2.53. The molecule has 17 heavy (non-hydrogen) atoms. The maximum absolute atomic E-state index is 13.7. The first-order chi connectivity index (χ1) is 8.20. The molecule has 0 saturated heterocycles. The second-order valence-electron chi connectivity index (χ2n) is 3.67. The van der Waals surface area contributed by atoms with Crippen LogP contribution in [0.15, 0.2) is 54.6 Å². The molecule has 0 N–H and O–H groups in total. The average Bonchev–Trinajstić information content (AvgIpc) is 2.33. The predicted molar refractivity (Wildman–Crippen MR) is 65.5 cm³/mol. The van der Waals surface area contributed by atoms with Gasteiger partial charge in [0.05, 0.1) is 5.92 Å². The van der Waals surface area contributed by atoms with Crippen LogP contribution >= 0.6 is 11.6 Å². The Morgan fingerprint density at radius 1 is 1.00 bits per heavy atom. The molecular weight excluding hydrogens is 239 g/mol. The summed E-state index contributed by atoms with van der Waals surface area (Å²) in [5, 5.41) is -0.582. The van der Waals surface area contributed by atoms with Crippen LogP contribution in [-0.4, -0.2) is 5.24 Å². The highest BCUT2D eigenvalue weighted by atomic mass is 35.5. The van der Waals surface area contributed by atoms with Gasteiger partial charge in [0.1, 0.15) is 5.82 Å². The van der Waals surface area contributed by atoms with Crippen molar-refractivity contribution in [2.24, 2.45) is 0 Å². The van der Waals surface area contributed by atoms with Crippen LogP contribution in [0.25, 0.3) is 0 Å². The van der Waals surface area contributed by atoms with Crippen molar-refractivity contribution in [1.82, 2.24) is 0 Å². The van der Waals surface area contributed by atoms with Crippen molar-refractivity contribution in [2.75, 3.05) is 0 Å². The zero-order valence-electron chi connectivity index (χ0n) is 8.94. The summed E-state index contributed by atoms with van der Waals surface area (Å²) in [7, 11) is 0. The number of rotatable bonds is 3. The Hall–Kier alpha value is -1.67. The average molecular weight is 249 g/mol. The highest BCUT2D eigenvalue weighted by Gasteiger charge is 2.23. The lowest BCUT2D eigenvalue weighted by Crippen LogP contribution is -2.10. The van der Waals surface area contributed by atoms with Crippen molar-refractivity contribution in [1.29, 1.82) is 0 Å². The van der Waals surface area contributed by atoms with Crippen molar-refractivity contribution in [3.63, 3.8) is 0 Å². The molecular formula is C14H10ClFO. The number of hydrogen-bond donors (Lipinski definition) is 0. The van der Waals surface area contributed by atoms with Gasteiger partial charge < -0.3 is 0 Å². The highest BCUT2D eigenvalue weighted by molar-refractivity contribution is 6.65. The quantitative estimate of drug-likeness (QED) is 0.757. The zero-order chi connectivity index (χ0) is 12.3. The first-order valence-corrected chi connectivity index (χ1v) is 5.56. The van der Waals surface area contributed by atoms with E-state index in [1.54, 1.807) is 42.5 Å². The number of benzene rings is 2. The van der Waals surface area contributed by atoms with Crippen LogP contribution in [0.1, 0.15) is 17.0 Å². The number of hydrogen-bond acceptors (Lipinski definition) is 1. The van der Waals surface area contributed by atoms with Crippen LogP contribution in [0, 0.1) is 5.82 Å². The van der Waals surface area contributed by atoms with Crippen molar-refractivity contribution in [3.8, 4) is 0 Å². The summed E-state index contributed by atoms with van der Waals surface area (Å²) in [5.74, 6) is -1.17. The SMILES string of the molecule is O=C(Cl)C(c1ccccc1)c1ccccc1F. The first kappa shape index (κ1) is 11.8. The molecule has 0 saturated carbocycles. The van der Waals surface area contributed by atoms with Crippen LogP contribution in [0.3, 0.4) is 0 Å². The van der Waals surface area contributed by atoms with Gasteiger partial charge in [-0.3, -0.25) is 4.79 Å². The van der Waals surface area contributed by atoms with E-state index in [-0.39, 0.29) is 0 Å². The van der Waals surface area contributed by atoms with Crippen LogP contribution in [0.5, 0.6) is 0 Å². The van der Waals surface area contributed by atoms with Crippen molar-refractivity contribution < 1.29 is 9.18 Å². The molecule has 1 atom stereocenters. The molecule has 0 aliphatic carbocycles. The summed E-state index contributed by atoms with van der Waals surface area (Å²) in [6.45, 7) is 0. The summed E-state index contributed by atoms with van der Waals surface area (Å²) < 4.78 is 13.7. The van der Waals surface area contributed by atoms with E-state index in [1.807, 2.05) is 6.07 Å². The molecule has 0 spiro atoms. The van der Waals surface area contributed by atoms with E-state index < -0.39 is 17.0 Å². The number of carbonyl (C=O) groups is 1. The van der Waals surface area contributed by atoms with E-state index in [2.05, 4.69) is 0 Å². The Morgan fingerprint density at radius 2 is 1.59 bits per heavy atom. The fourth-order valence-corrected chi connectivity index (χ4v) is 2.03. The van der Waals surface area contributed by atoms with Gasteiger partial charge in [-0.05, 0) is 23.2 Å². The Balaban J connectivity index is 2.51. The van der Waals surface area contributed by atoms with E-state index >= 15 is 0 Å².